The summed E-state index contributed by atoms with van der Waals surface area (Å²) >= 11 is 0. The number of sulfonamides is 1. The van der Waals surface area contributed by atoms with E-state index in [1.54, 1.807) is 6.92 Å². The molecule has 0 fully saturated rings. The van der Waals surface area contributed by atoms with Crippen LogP contribution in [0.2, 0.25) is 0 Å². The smallest absolute Gasteiger partial charge is 0.278 e. The van der Waals surface area contributed by atoms with Gasteiger partial charge in [0.2, 0.25) is 0 Å². The number of benzene rings is 1. The topological polar surface area (TPSA) is 122 Å². The lowest BCUT2D eigenvalue weighted by Crippen LogP contribution is -2.13. The molecule has 1 aromatic carbocycles. The Hall–Kier alpha value is -2.84. The van der Waals surface area contributed by atoms with Crippen molar-refractivity contribution in [2.45, 2.75) is 11.9 Å². The third kappa shape index (κ3) is 2.60. The summed E-state index contributed by atoms with van der Waals surface area (Å²) < 4.78 is 26.4. The monoisotopic (exact) mass is 287 g/mol. The van der Waals surface area contributed by atoms with Crippen LogP contribution in [0, 0.1) is 29.6 Å². The second-order valence-corrected chi connectivity index (χ2v) is 5.57. The van der Waals surface area contributed by atoms with Crippen molar-refractivity contribution in [3.63, 3.8) is 0 Å². The van der Waals surface area contributed by atoms with Crippen molar-refractivity contribution in [1.82, 2.24) is 9.97 Å². The maximum Gasteiger partial charge on any atom is 0.278 e. The largest absolute Gasteiger partial charge is 0.332 e. The number of nitrogens with zero attached hydrogens (tertiary/aromatic N) is 3. The normalized spacial score (nSPS) is 10.6. The fourth-order valence-corrected chi connectivity index (χ4v) is 2.56. The highest BCUT2D eigenvalue weighted by Gasteiger charge is 2.17. The molecule has 0 spiro atoms. The molecule has 0 radical (unpaired) electrons. The molecule has 1 aromatic heterocycles. The first-order chi connectivity index (χ1) is 9.46. The Morgan fingerprint density at radius 3 is 2.50 bits per heavy atom. The summed E-state index contributed by atoms with van der Waals surface area (Å²) in [7, 11) is -3.80. The number of aromatic amines is 1. The lowest BCUT2D eigenvalue weighted by Gasteiger charge is -2.06. The quantitative estimate of drug-likeness (QED) is 0.879. The molecule has 100 valence electrons. The molecule has 7 nitrogen and oxygen atoms in total. The van der Waals surface area contributed by atoms with Crippen molar-refractivity contribution in [3.8, 4) is 12.1 Å². The zero-order valence-electron chi connectivity index (χ0n) is 10.4. The standard InChI is InChI=1S/C12H9N5O2S/c1-8-15-7-12(16-8)20(18,19)17-11-3-2-9(5-13)10(4-11)6-14/h2-4,7,17H,1H3,(H,15,16). The van der Waals surface area contributed by atoms with E-state index in [-0.39, 0.29) is 21.8 Å². The van der Waals surface area contributed by atoms with Gasteiger partial charge in [-0.1, -0.05) is 0 Å². The minimum absolute atomic E-state index is 0.0714. The van der Waals surface area contributed by atoms with Gasteiger partial charge in [-0.15, -0.1) is 0 Å². The number of hydrogen-bond donors (Lipinski definition) is 2. The fraction of sp³-hybridized carbons (Fsp3) is 0.0833. The average molecular weight is 287 g/mol. The van der Waals surface area contributed by atoms with Gasteiger partial charge >= 0.3 is 0 Å². The number of hydrogen-bond acceptors (Lipinski definition) is 5. The molecule has 0 unspecified atom stereocenters. The Morgan fingerprint density at radius 2 is 1.95 bits per heavy atom. The van der Waals surface area contributed by atoms with E-state index in [1.165, 1.54) is 24.4 Å². The van der Waals surface area contributed by atoms with Crippen molar-refractivity contribution in [1.29, 1.82) is 10.5 Å². The number of aromatic nitrogens is 2. The molecule has 0 saturated heterocycles. The summed E-state index contributed by atoms with van der Waals surface area (Å²) in [5, 5.41) is 17.6. The summed E-state index contributed by atoms with van der Waals surface area (Å²) in [4.78, 5) is 6.42. The number of nitriles is 2. The van der Waals surface area contributed by atoms with Crippen LogP contribution in [0.4, 0.5) is 5.69 Å². The van der Waals surface area contributed by atoms with Gasteiger partial charge in [0.15, 0.2) is 5.03 Å². The molecule has 0 aliphatic rings. The Kier molecular flexibility index (Phi) is 3.42. The third-order valence-corrected chi connectivity index (χ3v) is 3.77. The van der Waals surface area contributed by atoms with Crippen LogP contribution in [-0.4, -0.2) is 18.4 Å². The molecule has 2 aromatic rings. The second kappa shape index (κ2) is 5.03. The number of aryl methyl sites for hydroxylation is 1. The molecule has 0 aliphatic heterocycles. The number of imidazole rings is 1. The van der Waals surface area contributed by atoms with Gasteiger partial charge in [0.25, 0.3) is 10.0 Å². The highest BCUT2D eigenvalue weighted by Crippen LogP contribution is 2.18. The van der Waals surface area contributed by atoms with Gasteiger partial charge in [-0.3, -0.25) is 4.72 Å². The molecule has 2 N–H and O–H groups in total. The Morgan fingerprint density at radius 1 is 1.25 bits per heavy atom. The lowest BCUT2D eigenvalue weighted by atomic mass is 10.1. The van der Waals surface area contributed by atoms with Gasteiger partial charge in [-0.05, 0) is 25.1 Å². The predicted octanol–water partition coefficient (Wildman–Crippen LogP) is 1.26. The average Bonchev–Trinajstić information content (AvgIpc) is 2.85. The van der Waals surface area contributed by atoms with Crippen LogP contribution in [0.3, 0.4) is 0 Å². The minimum Gasteiger partial charge on any atom is -0.332 e. The Bertz CT molecular complexity index is 839. The van der Waals surface area contributed by atoms with E-state index in [2.05, 4.69) is 14.7 Å². The van der Waals surface area contributed by atoms with Crippen LogP contribution in [0.5, 0.6) is 0 Å². The molecule has 0 aliphatic carbocycles. The van der Waals surface area contributed by atoms with Crippen LogP contribution in [-0.2, 0) is 10.0 Å². The van der Waals surface area contributed by atoms with E-state index in [0.717, 1.165) is 0 Å². The van der Waals surface area contributed by atoms with Crippen molar-refractivity contribution in [2.24, 2.45) is 0 Å². The SMILES string of the molecule is Cc1ncc(S(=O)(=O)Nc2ccc(C#N)c(C#N)c2)[nH]1. The van der Waals surface area contributed by atoms with Crippen LogP contribution in [0.25, 0.3) is 0 Å². The first-order valence-electron chi connectivity index (χ1n) is 5.45. The summed E-state index contributed by atoms with van der Waals surface area (Å²) in [5.74, 6) is 0.475. The minimum atomic E-state index is -3.80. The highest BCUT2D eigenvalue weighted by molar-refractivity contribution is 7.92. The number of anilines is 1. The third-order valence-electron chi connectivity index (χ3n) is 2.48. The van der Waals surface area contributed by atoms with E-state index >= 15 is 0 Å². The van der Waals surface area contributed by atoms with Gasteiger partial charge in [0.05, 0.1) is 23.0 Å². The zero-order valence-corrected chi connectivity index (χ0v) is 11.2. The maximum atomic E-state index is 12.0. The van der Waals surface area contributed by atoms with Gasteiger partial charge in [-0.2, -0.15) is 18.9 Å². The van der Waals surface area contributed by atoms with Crippen molar-refractivity contribution < 1.29 is 8.42 Å². The highest BCUT2D eigenvalue weighted by atomic mass is 32.2. The molecule has 0 saturated carbocycles. The molecule has 0 atom stereocenters. The Balaban J connectivity index is 2.36. The van der Waals surface area contributed by atoms with Gasteiger partial charge < -0.3 is 4.98 Å². The Labute approximate surface area is 115 Å². The fourth-order valence-electron chi connectivity index (χ4n) is 1.54. The number of nitrogens with one attached hydrogen (secondary N) is 2. The first kappa shape index (κ1) is 13.6. The van der Waals surface area contributed by atoms with E-state index in [0.29, 0.717) is 5.82 Å². The van der Waals surface area contributed by atoms with Crippen LogP contribution in [0.1, 0.15) is 17.0 Å². The number of H-pyrrole nitrogens is 1. The summed E-state index contributed by atoms with van der Waals surface area (Å²) in [6, 6.07) is 7.80. The molecule has 2 rings (SSSR count). The molecule has 0 bridgehead atoms. The predicted molar refractivity (Wildman–Crippen MR) is 70.0 cm³/mol. The molecule has 1 heterocycles. The van der Waals surface area contributed by atoms with Gasteiger partial charge in [0, 0.05) is 0 Å². The van der Waals surface area contributed by atoms with Gasteiger partial charge in [0.1, 0.15) is 18.0 Å². The van der Waals surface area contributed by atoms with E-state index in [4.69, 9.17) is 10.5 Å². The van der Waals surface area contributed by atoms with Gasteiger partial charge in [-0.25, -0.2) is 4.98 Å². The summed E-state index contributed by atoms with van der Waals surface area (Å²) in [6.45, 7) is 1.63. The van der Waals surface area contributed by atoms with Crippen LogP contribution < -0.4 is 4.72 Å². The molecular weight excluding hydrogens is 278 g/mol. The maximum absolute atomic E-state index is 12.0. The van der Waals surface area contributed by atoms with Crippen LogP contribution >= 0.6 is 0 Å². The molecule has 0 amide bonds. The van der Waals surface area contributed by atoms with Crippen molar-refractivity contribution in [3.05, 3.63) is 41.3 Å². The zero-order chi connectivity index (χ0) is 14.8. The van der Waals surface area contributed by atoms with Crippen molar-refractivity contribution >= 4 is 15.7 Å². The summed E-state index contributed by atoms with van der Waals surface area (Å²) in [6.07, 6.45) is 1.20. The molecular formula is C12H9N5O2S. The summed E-state index contributed by atoms with van der Waals surface area (Å²) in [5.41, 5.74) is 0.495. The van der Waals surface area contributed by atoms with E-state index < -0.39 is 10.0 Å². The van der Waals surface area contributed by atoms with E-state index in [1.807, 2.05) is 12.1 Å². The number of rotatable bonds is 3. The second-order valence-electron chi connectivity index (χ2n) is 3.92. The lowest BCUT2D eigenvalue weighted by molar-refractivity contribution is 0.598. The molecule has 20 heavy (non-hydrogen) atoms. The van der Waals surface area contributed by atoms with E-state index in [9.17, 15) is 8.42 Å². The molecule has 8 heteroatoms. The van der Waals surface area contributed by atoms with Crippen molar-refractivity contribution in [2.75, 3.05) is 4.72 Å². The first-order valence-corrected chi connectivity index (χ1v) is 6.93. The van der Waals surface area contributed by atoms with Crippen LogP contribution in [0.15, 0.2) is 29.4 Å².